The van der Waals surface area contributed by atoms with Gasteiger partial charge >= 0.3 is 0 Å². The summed E-state index contributed by atoms with van der Waals surface area (Å²) in [7, 11) is 0. The third kappa shape index (κ3) is 4.98. The molecular weight excluding hydrogens is 386 g/mol. The van der Waals surface area contributed by atoms with Gasteiger partial charge in [-0.25, -0.2) is 0 Å². The molecule has 0 fully saturated rings. The monoisotopic (exact) mass is 409 g/mol. The predicted molar refractivity (Wildman–Crippen MR) is 113 cm³/mol. The average Bonchev–Trinajstić information content (AvgIpc) is 3.13. The maximum atomic E-state index is 12.4. The van der Waals surface area contributed by atoms with E-state index in [1.807, 2.05) is 36.5 Å². The molecule has 1 amide bonds. The summed E-state index contributed by atoms with van der Waals surface area (Å²) in [5, 5.41) is 8.36. The molecule has 1 aliphatic rings. The number of halogens is 1. The molecule has 1 aliphatic carbocycles. The molecule has 29 heavy (non-hydrogen) atoms. The zero-order valence-electron chi connectivity index (χ0n) is 16.2. The van der Waals surface area contributed by atoms with Crippen LogP contribution in [0, 0.1) is 0 Å². The van der Waals surface area contributed by atoms with Crippen LogP contribution in [0.5, 0.6) is 5.75 Å². The highest BCUT2D eigenvalue weighted by atomic mass is 35.5. The number of carbonyl (C=O) groups excluding carboxylic acids is 1. The van der Waals surface area contributed by atoms with Crippen LogP contribution in [0.2, 0.25) is 5.02 Å². The molecule has 0 bridgehead atoms. The average molecular weight is 410 g/mol. The van der Waals surface area contributed by atoms with E-state index in [2.05, 4.69) is 27.2 Å². The molecule has 150 valence electrons. The van der Waals surface area contributed by atoms with Crippen LogP contribution in [0.4, 0.5) is 0 Å². The predicted octanol–water partition coefficient (Wildman–Crippen LogP) is 4.55. The summed E-state index contributed by atoms with van der Waals surface area (Å²) in [6.07, 6.45) is 5.18. The number of fused-ring (bicyclic) bond motifs is 1. The molecule has 0 saturated carbocycles. The second-order valence-corrected chi connectivity index (χ2v) is 7.69. The van der Waals surface area contributed by atoms with Gasteiger partial charge in [-0.2, -0.15) is 5.10 Å². The van der Waals surface area contributed by atoms with Crippen LogP contribution < -0.4 is 10.1 Å². The quantitative estimate of drug-likeness (QED) is 0.622. The molecule has 1 atom stereocenters. The number of aromatic nitrogens is 2. The first-order valence-corrected chi connectivity index (χ1v) is 10.3. The van der Waals surface area contributed by atoms with Crippen molar-refractivity contribution in [1.82, 2.24) is 15.1 Å². The largest absolute Gasteiger partial charge is 0.493 e. The molecule has 4 rings (SSSR count). The van der Waals surface area contributed by atoms with Crippen molar-refractivity contribution in [1.29, 1.82) is 0 Å². The highest BCUT2D eigenvalue weighted by Crippen LogP contribution is 2.30. The fourth-order valence-electron chi connectivity index (χ4n) is 3.75. The lowest BCUT2D eigenvalue weighted by Crippen LogP contribution is -2.31. The molecule has 0 radical (unpaired) electrons. The second-order valence-electron chi connectivity index (χ2n) is 7.26. The summed E-state index contributed by atoms with van der Waals surface area (Å²) in [6.45, 7) is 1.07. The summed E-state index contributed by atoms with van der Waals surface area (Å²) in [5.41, 5.74) is 3.58. The Morgan fingerprint density at radius 1 is 1.21 bits per heavy atom. The zero-order chi connectivity index (χ0) is 20.1. The fourth-order valence-corrected chi connectivity index (χ4v) is 3.93. The first-order chi connectivity index (χ1) is 14.2. The van der Waals surface area contributed by atoms with E-state index in [0.29, 0.717) is 23.8 Å². The molecule has 1 heterocycles. The molecule has 0 saturated heterocycles. The maximum Gasteiger partial charge on any atom is 0.223 e. The second kappa shape index (κ2) is 9.14. The Labute approximate surface area is 175 Å². The molecule has 0 aliphatic heterocycles. The fraction of sp³-hybridized carbons (Fsp3) is 0.304. The number of amides is 1. The topological polar surface area (TPSA) is 56.1 Å². The van der Waals surface area contributed by atoms with Gasteiger partial charge in [0, 0.05) is 16.3 Å². The van der Waals surface area contributed by atoms with Gasteiger partial charge in [0.2, 0.25) is 5.91 Å². The molecule has 3 aromatic rings. The van der Waals surface area contributed by atoms with Gasteiger partial charge < -0.3 is 10.1 Å². The Morgan fingerprint density at radius 3 is 2.90 bits per heavy atom. The Balaban J connectivity index is 1.34. The van der Waals surface area contributed by atoms with E-state index in [1.165, 1.54) is 11.3 Å². The van der Waals surface area contributed by atoms with E-state index in [0.717, 1.165) is 31.4 Å². The van der Waals surface area contributed by atoms with Crippen molar-refractivity contribution in [2.24, 2.45) is 0 Å². The van der Waals surface area contributed by atoms with Crippen molar-refractivity contribution in [2.75, 3.05) is 6.61 Å². The zero-order valence-corrected chi connectivity index (χ0v) is 16.9. The SMILES string of the molecule is O=C(CCOc1cccc(Cl)c1)N[C@@H]1CCCc2c1cnn2Cc1ccccc1. The number of benzene rings is 2. The van der Waals surface area contributed by atoms with Crippen LogP contribution in [-0.2, 0) is 17.8 Å². The van der Waals surface area contributed by atoms with E-state index >= 15 is 0 Å². The lowest BCUT2D eigenvalue weighted by molar-refractivity contribution is -0.122. The highest BCUT2D eigenvalue weighted by Gasteiger charge is 2.25. The summed E-state index contributed by atoms with van der Waals surface area (Å²) >= 11 is 5.95. The van der Waals surface area contributed by atoms with Gasteiger partial charge in [0.25, 0.3) is 0 Å². The van der Waals surface area contributed by atoms with Gasteiger partial charge in [-0.15, -0.1) is 0 Å². The van der Waals surface area contributed by atoms with Crippen LogP contribution >= 0.6 is 11.6 Å². The molecule has 6 heteroatoms. The first kappa shape index (κ1) is 19.5. The lowest BCUT2D eigenvalue weighted by atomic mass is 9.92. The molecule has 1 aromatic heterocycles. The minimum atomic E-state index is -0.0133. The third-order valence-corrected chi connectivity index (χ3v) is 5.40. The van der Waals surface area contributed by atoms with Crippen LogP contribution in [0.15, 0.2) is 60.8 Å². The Morgan fingerprint density at radius 2 is 2.07 bits per heavy atom. The molecular formula is C23H24ClN3O2. The lowest BCUT2D eigenvalue weighted by Gasteiger charge is -2.24. The van der Waals surface area contributed by atoms with E-state index in [-0.39, 0.29) is 11.9 Å². The van der Waals surface area contributed by atoms with Gasteiger partial charge in [0.15, 0.2) is 0 Å². The van der Waals surface area contributed by atoms with Crippen molar-refractivity contribution >= 4 is 17.5 Å². The third-order valence-electron chi connectivity index (χ3n) is 5.17. The van der Waals surface area contributed by atoms with Gasteiger partial charge in [0.1, 0.15) is 5.75 Å². The summed E-state index contributed by atoms with van der Waals surface area (Å²) in [6, 6.07) is 17.5. The maximum absolute atomic E-state index is 12.4. The number of rotatable bonds is 7. The number of hydrogen-bond donors (Lipinski definition) is 1. The van der Waals surface area contributed by atoms with Gasteiger partial charge in [0.05, 0.1) is 31.8 Å². The minimum absolute atomic E-state index is 0.0133. The van der Waals surface area contributed by atoms with Gasteiger partial charge in [-0.05, 0) is 43.0 Å². The number of hydrogen-bond acceptors (Lipinski definition) is 3. The normalized spacial score (nSPS) is 15.6. The van der Waals surface area contributed by atoms with E-state index in [9.17, 15) is 4.79 Å². The van der Waals surface area contributed by atoms with Crippen LogP contribution in [-0.4, -0.2) is 22.3 Å². The standard InChI is InChI=1S/C23H24ClN3O2/c24-18-8-4-9-19(14-18)29-13-12-23(28)26-21-10-5-11-22-20(21)15-25-27(22)16-17-6-2-1-3-7-17/h1-4,6-9,14-15,21H,5,10-13,16H2,(H,26,28)/t21-/m1/s1. The molecule has 2 aromatic carbocycles. The molecule has 1 N–H and O–H groups in total. The Hall–Kier alpha value is -2.79. The van der Waals surface area contributed by atoms with Crippen LogP contribution in [0.3, 0.4) is 0 Å². The van der Waals surface area contributed by atoms with Crippen LogP contribution in [0.1, 0.15) is 42.1 Å². The van der Waals surface area contributed by atoms with E-state index in [1.54, 1.807) is 12.1 Å². The first-order valence-electron chi connectivity index (χ1n) is 9.95. The van der Waals surface area contributed by atoms with Crippen molar-refractivity contribution in [3.8, 4) is 5.75 Å². The number of nitrogens with zero attached hydrogens (tertiary/aromatic N) is 2. The Kier molecular flexibility index (Phi) is 6.15. The van der Waals surface area contributed by atoms with Gasteiger partial charge in [-0.3, -0.25) is 9.48 Å². The van der Waals surface area contributed by atoms with Crippen molar-refractivity contribution in [3.63, 3.8) is 0 Å². The van der Waals surface area contributed by atoms with Crippen molar-refractivity contribution in [2.45, 2.75) is 38.3 Å². The minimum Gasteiger partial charge on any atom is -0.493 e. The summed E-state index contributed by atoms with van der Waals surface area (Å²) < 4.78 is 7.69. The van der Waals surface area contributed by atoms with E-state index in [4.69, 9.17) is 16.3 Å². The van der Waals surface area contributed by atoms with Gasteiger partial charge in [-0.1, -0.05) is 48.0 Å². The number of ether oxygens (including phenoxy) is 1. The molecule has 0 unspecified atom stereocenters. The molecule has 0 spiro atoms. The smallest absolute Gasteiger partial charge is 0.223 e. The van der Waals surface area contributed by atoms with Crippen LogP contribution in [0.25, 0.3) is 0 Å². The number of nitrogens with one attached hydrogen (secondary N) is 1. The molecule has 5 nitrogen and oxygen atoms in total. The van der Waals surface area contributed by atoms with Crippen molar-refractivity contribution < 1.29 is 9.53 Å². The Bertz CT molecular complexity index is 971. The summed E-state index contributed by atoms with van der Waals surface area (Å²) in [4.78, 5) is 12.4. The summed E-state index contributed by atoms with van der Waals surface area (Å²) in [5.74, 6) is 0.660. The number of carbonyl (C=O) groups is 1. The highest BCUT2D eigenvalue weighted by molar-refractivity contribution is 6.30. The van der Waals surface area contributed by atoms with Crippen molar-refractivity contribution in [3.05, 3.63) is 82.6 Å². The van der Waals surface area contributed by atoms with E-state index < -0.39 is 0 Å².